The summed E-state index contributed by atoms with van der Waals surface area (Å²) in [5.74, 6) is 0.660. The van der Waals surface area contributed by atoms with Crippen molar-refractivity contribution in [3.8, 4) is 5.75 Å². The first-order valence-electron chi connectivity index (χ1n) is 8.11. The monoisotopic (exact) mass is 389 g/mol. The maximum Gasteiger partial charge on any atom is 0.281 e. The average molecular weight is 390 g/mol. The number of ether oxygens (including phenoxy) is 1. The quantitative estimate of drug-likeness (QED) is 0.763. The highest BCUT2D eigenvalue weighted by Crippen LogP contribution is 2.20. The molecule has 1 heterocycles. The Bertz CT molecular complexity index is 671. The van der Waals surface area contributed by atoms with Crippen molar-refractivity contribution in [3.05, 3.63) is 29.3 Å². The Hall–Kier alpha value is -1.35. The van der Waals surface area contributed by atoms with Crippen molar-refractivity contribution >= 4 is 27.7 Å². The van der Waals surface area contributed by atoms with Gasteiger partial charge < -0.3 is 10.1 Å². The van der Waals surface area contributed by atoms with Crippen molar-refractivity contribution in [2.75, 3.05) is 40.3 Å². The molecule has 1 aromatic carbocycles. The van der Waals surface area contributed by atoms with Gasteiger partial charge in [0.2, 0.25) is 0 Å². The van der Waals surface area contributed by atoms with Gasteiger partial charge in [0.15, 0.2) is 6.61 Å². The van der Waals surface area contributed by atoms with Crippen LogP contribution in [-0.2, 0) is 15.0 Å². The number of amides is 1. The molecule has 0 radical (unpaired) electrons. The van der Waals surface area contributed by atoms with E-state index in [0.29, 0.717) is 30.4 Å². The lowest BCUT2D eigenvalue weighted by Gasteiger charge is -2.32. The molecule has 0 aromatic heterocycles. The van der Waals surface area contributed by atoms with E-state index in [1.807, 2.05) is 0 Å². The first-order valence-corrected chi connectivity index (χ1v) is 9.89. The Morgan fingerprint density at radius 1 is 1.28 bits per heavy atom. The highest BCUT2D eigenvalue weighted by Gasteiger charge is 2.29. The number of hydrogen-bond donors (Lipinski definition) is 1. The highest BCUT2D eigenvalue weighted by molar-refractivity contribution is 7.86. The van der Waals surface area contributed by atoms with Gasteiger partial charge >= 0.3 is 0 Å². The van der Waals surface area contributed by atoms with Gasteiger partial charge in [0.1, 0.15) is 5.75 Å². The molecule has 7 nitrogen and oxygen atoms in total. The van der Waals surface area contributed by atoms with E-state index >= 15 is 0 Å². The van der Waals surface area contributed by atoms with E-state index in [1.165, 1.54) is 22.7 Å². The molecule has 0 aliphatic carbocycles. The van der Waals surface area contributed by atoms with Gasteiger partial charge in [0, 0.05) is 38.8 Å². The third-order valence-electron chi connectivity index (χ3n) is 4.13. The van der Waals surface area contributed by atoms with Crippen LogP contribution in [0.4, 0.5) is 0 Å². The predicted octanol–water partition coefficient (Wildman–Crippen LogP) is 1.35. The number of piperidine rings is 1. The number of hydrogen-bond acceptors (Lipinski definition) is 4. The Labute approximate surface area is 154 Å². The zero-order valence-corrected chi connectivity index (χ0v) is 16.0. The van der Waals surface area contributed by atoms with Crippen molar-refractivity contribution in [1.29, 1.82) is 0 Å². The van der Waals surface area contributed by atoms with E-state index in [0.717, 1.165) is 12.8 Å². The van der Waals surface area contributed by atoms with Crippen LogP contribution in [0.2, 0.25) is 5.02 Å². The third kappa shape index (κ3) is 5.85. The van der Waals surface area contributed by atoms with Crippen LogP contribution in [0.25, 0.3) is 0 Å². The van der Waals surface area contributed by atoms with Crippen molar-refractivity contribution in [2.24, 2.45) is 5.92 Å². The lowest BCUT2D eigenvalue weighted by molar-refractivity contribution is -0.123. The number of carbonyl (C=O) groups is 1. The smallest absolute Gasteiger partial charge is 0.281 e. The molecule has 1 amide bonds. The van der Waals surface area contributed by atoms with Crippen molar-refractivity contribution in [1.82, 2.24) is 13.9 Å². The Kier molecular flexibility index (Phi) is 7.06. The molecule has 1 fully saturated rings. The number of nitrogens with zero attached hydrogens (tertiary/aromatic N) is 2. The Morgan fingerprint density at radius 2 is 1.88 bits per heavy atom. The van der Waals surface area contributed by atoms with Crippen LogP contribution in [0, 0.1) is 5.92 Å². The second-order valence-electron chi connectivity index (χ2n) is 6.18. The summed E-state index contributed by atoms with van der Waals surface area (Å²) in [6.45, 7) is 1.42. The summed E-state index contributed by atoms with van der Waals surface area (Å²) >= 11 is 5.79. The molecule has 25 heavy (non-hydrogen) atoms. The van der Waals surface area contributed by atoms with E-state index in [1.54, 1.807) is 24.3 Å². The van der Waals surface area contributed by atoms with Gasteiger partial charge in [-0.1, -0.05) is 11.6 Å². The summed E-state index contributed by atoms with van der Waals surface area (Å²) < 4.78 is 32.2. The molecule has 1 aliphatic heterocycles. The fourth-order valence-electron chi connectivity index (χ4n) is 2.56. The highest BCUT2D eigenvalue weighted by atomic mass is 35.5. The Morgan fingerprint density at radius 3 is 2.44 bits per heavy atom. The van der Waals surface area contributed by atoms with E-state index in [9.17, 15) is 13.2 Å². The zero-order chi connectivity index (χ0) is 18.4. The van der Waals surface area contributed by atoms with Crippen LogP contribution in [0.3, 0.4) is 0 Å². The fraction of sp³-hybridized carbons (Fsp3) is 0.562. The van der Waals surface area contributed by atoms with Gasteiger partial charge in [-0.05, 0) is 43.0 Å². The molecule has 2 rings (SSSR count). The molecule has 0 atom stereocenters. The van der Waals surface area contributed by atoms with E-state index in [2.05, 4.69) is 5.32 Å². The normalized spacial score (nSPS) is 16.8. The number of rotatable bonds is 7. The van der Waals surface area contributed by atoms with E-state index in [-0.39, 0.29) is 18.4 Å². The summed E-state index contributed by atoms with van der Waals surface area (Å²) in [6, 6.07) is 6.81. The second kappa shape index (κ2) is 8.84. The summed E-state index contributed by atoms with van der Waals surface area (Å²) in [7, 11) is -0.287. The molecule has 9 heteroatoms. The van der Waals surface area contributed by atoms with Crippen molar-refractivity contribution in [2.45, 2.75) is 12.8 Å². The maximum atomic E-state index is 12.1. The van der Waals surface area contributed by atoms with Gasteiger partial charge in [0.25, 0.3) is 16.1 Å². The Balaban J connectivity index is 1.68. The van der Waals surface area contributed by atoms with Gasteiger partial charge in [-0.2, -0.15) is 17.0 Å². The standard InChI is InChI=1S/C16H24ClN3O4S/c1-19(2)25(22,23)20-9-7-13(8-10-20)11-18-16(21)12-24-15-5-3-14(17)4-6-15/h3-6,13H,7-12H2,1-2H3,(H,18,21). The van der Waals surface area contributed by atoms with Crippen LogP contribution in [-0.4, -0.2) is 63.3 Å². The van der Waals surface area contributed by atoms with Gasteiger partial charge in [-0.25, -0.2) is 0 Å². The fourth-order valence-corrected chi connectivity index (χ4v) is 3.82. The van der Waals surface area contributed by atoms with Crippen LogP contribution < -0.4 is 10.1 Å². The molecule has 0 saturated carbocycles. The molecule has 1 saturated heterocycles. The van der Waals surface area contributed by atoms with Gasteiger partial charge in [-0.3, -0.25) is 4.79 Å². The summed E-state index contributed by atoms with van der Waals surface area (Å²) in [5, 5.41) is 3.45. The summed E-state index contributed by atoms with van der Waals surface area (Å²) in [4.78, 5) is 11.9. The summed E-state index contributed by atoms with van der Waals surface area (Å²) in [6.07, 6.45) is 1.46. The van der Waals surface area contributed by atoms with E-state index < -0.39 is 10.2 Å². The van der Waals surface area contributed by atoms with E-state index in [4.69, 9.17) is 16.3 Å². The molecule has 1 aromatic rings. The number of carbonyl (C=O) groups excluding carboxylic acids is 1. The van der Waals surface area contributed by atoms with Crippen LogP contribution >= 0.6 is 11.6 Å². The summed E-state index contributed by atoms with van der Waals surface area (Å²) in [5.41, 5.74) is 0. The minimum Gasteiger partial charge on any atom is -0.484 e. The SMILES string of the molecule is CN(C)S(=O)(=O)N1CCC(CNC(=O)COc2ccc(Cl)cc2)CC1. The average Bonchev–Trinajstić information content (AvgIpc) is 2.59. The molecule has 0 bridgehead atoms. The van der Waals surface area contributed by atoms with Crippen molar-refractivity contribution in [3.63, 3.8) is 0 Å². The number of halogens is 1. The molecule has 1 aliphatic rings. The number of nitrogens with one attached hydrogen (secondary N) is 1. The molecular weight excluding hydrogens is 366 g/mol. The second-order valence-corrected chi connectivity index (χ2v) is 8.76. The predicted molar refractivity (Wildman–Crippen MR) is 96.9 cm³/mol. The van der Waals surface area contributed by atoms with Gasteiger partial charge in [0.05, 0.1) is 0 Å². The molecular formula is C16H24ClN3O4S. The van der Waals surface area contributed by atoms with Crippen LogP contribution in [0.15, 0.2) is 24.3 Å². The lowest BCUT2D eigenvalue weighted by atomic mass is 9.98. The minimum absolute atomic E-state index is 0.0600. The van der Waals surface area contributed by atoms with Crippen LogP contribution in [0.5, 0.6) is 5.75 Å². The number of benzene rings is 1. The van der Waals surface area contributed by atoms with Crippen molar-refractivity contribution < 1.29 is 17.9 Å². The largest absolute Gasteiger partial charge is 0.484 e. The first kappa shape index (κ1) is 20.0. The molecule has 140 valence electrons. The topological polar surface area (TPSA) is 79.0 Å². The maximum absolute atomic E-state index is 12.1. The lowest BCUT2D eigenvalue weighted by Crippen LogP contribution is -2.46. The van der Waals surface area contributed by atoms with Crippen LogP contribution in [0.1, 0.15) is 12.8 Å². The molecule has 0 unspecified atom stereocenters. The zero-order valence-electron chi connectivity index (χ0n) is 14.4. The first-order chi connectivity index (χ1) is 11.8. The van der Waals surface area contributed by atoms with Gasteiger partial charge in [-0.15, -0.1) is 0 Å². The molecule has 1 N–H and O–H groups in total. The molecule has 0 spiro atoms. The third-order valence-corrected chi connectivity index (χ3v) is 6.33. The minimum atomic E-state index is -3.35.